The van der Waals surface area contributed by atoms with Crippen LogP contribution in [0.4, 0.5) is 0 Å². The zero-order valence-corrected chi connectivity index (χ0v) is 15.0. The minimum absolute atomic E-state index is 0.230. The molecular weight excluding hydrogens is 326 g/mol. The van der Waals surface area contributed by atoms with Crippen molar-refractivity contribution >= 4 is 10.0 Å². The smallest absolute Gasteiger partial charge is 0.240 e. The van der Waals surface area contributed by atoms with Crippen molar-refractivity contribution in [2.45, 2.75) is 25.3 Å². The van der Waals surface area contributed by atoms with Gasteiger partial charge in [0, 0.05) is 13.7 Å². The van der Waals surface area contributed by atoms with Gasteiger partial charge in [-0.05, 0) is 54.8 Å². The first kappa shape index (κ1) is 18.4. The van der Waals surface area contributed by atoms with Gasteiger partial charge < -0.3 is 9.47 Å². The number of nitrogens with one attached hydrogen (secondary N) is 1. The van der Waals surface area contributed by atoms with E-state index in [1.807, 2.05) is 44.2 Å². The Hall–Kier alpha value is -1.89. The highest BCUT2D eigenvalue weighted by atomic mass is 32.2. The summed E-state index contributed by atoms with van der Waals surface area (Å²) in [5.74, 6) is 0.729. The highest BCUT2D eigenvalue weighted by molar-refractivity contribution is 7.89. The zero-order chi connectivity index (χ0) is 17.6. The fourth-order valence-electron chi connectivity index (χ4n) is 2.09. The molecule has 0 bridgehead atoms. The van der Waals surface area contributed by atoms with Crippen molar-refractivity contribution in [3.8, 4) is 5.75 Å². The molecule has 0 atom stereocenters. The van der Waals surface area contributed by atoms with Gasteiger partial charge in [0.05, 0.1) is 11.5 Å². The van der Waals surface area contributed by atoms with Crippen molar-refractivity contribution in [1.82, 2.24) is 4.72 Å². The Labute approximate surface area is 143 Å². The summed E-state index contributed by atoms with van der Waals surface area (Å²) in [6.45, 7) is 5.09. The Bertz CT molecular complexity index is 770. The van der Waals surface area contributed by atoms with E-state index in [2.05, 4.69) is 4.72 Å². The standard InChI is InChI=1S/C18H23NO4S/c1-14-4-9-18(12-15(14)2)24(20,21)19-13-16-5-7-17(8-6-16)23-11-10-22-3/h4-9,12,19H,10-11,13H2,1-3H3. The molecule has 2 rings (SSSR count). The second-order valence-electron chi connectivity index (χ2n) is 5.56. The van der Waals surface area contributed by atoms with Crippen molar-refractivity contribution in [2.75, 3.05) is 20.3 Å². The number of hydrogen-bond donors (Lipinski definition) is 1. The molecule has 24 heavy (non-hydrogen) atoms. The third-order valence-electron chi connectivity index (χ3n) is 3.73. The molecule has 1 N–H and O–H groups in total. The highest BCUT2D eigenvalue weighted by Gasteiger charge is 2.14. The number of hydrogen-bond acceptors (Lipinski definition) is 4. The Morgan fingerprint density at radius 3 is 2.29 bits per heavy atom. The molecule has 0 aromatic heterocycles. The summed E-state index contributed by atoms with van der Waals surface area (Å²) >= 11 is 0. The molecule has 6 heteroatoms. The molecule has 2 aromatic carbocycles. The lowest BCUT2D eigenvalue weighted by Crippen LogP contribution is -2.23. The molecule has 0 saturated heterocycles. The fourth-order valence-corrected chi connectivity index (χ4v) is 3.19. The molecule has 130 valence electrons. The molecule has 0 saturated carbocycles. The molecular formula is C18H23NO4S. The van der Waals surface area contributed by atoms with E-state index >= 15 is 0 Å². The molecule has 0 aliphatic rings. The van der Waals surface area contributed by atoms with Gasteiger partial charge in [-0.1, -0.05) is 18.2 Å². The van der Waals surface area contributed by atoms with Crippen LogP contribution in [0.25, 0.3) is 0 Å². The van der Waals surface area contributed by atoms with Gasteiger partial charge in [-0.3, -0.25) is 0 Å². The lowest BCUT2D eigenvalue weighted by atomic mass is 10.1. The van der Waals surface area contributed by atoms with Crippen molar-refractivity contribution in [3.05, 3.63) is 59.2 Å². The van der Waals surface area contributed by atoms with Gasteiger partial charge in [0.2, 0.25) is 10.0 Å². The molecule has 0 fully saturated rings. The van der Waals surface area contributed by atoms with E-state index in [0.29, 0.717) is 13.2 Å². The second kappa shape index (κ2) is 8.28. The lowest BCUT2D eigenvalue weighted by Gasteiger charge is -2.10. The normalized spacial score (nSPS) is 11.5. The molecule has 0 spiro atoms. The summed E-state index contributed by atoms with van der Waals surface area (Å²) in [6.07, 6.45) is 0. The largest absolute Gasteiger partial charge is 0.491 e. The van der Waals surface area contributed by atoms with E-state index in [0.717, 1.165) is 22.4 Å². The molecule has 2 aromatic rings. The summed E-state index contributed by atoms with van der Waals surface area (Å²) in [4.78, 5) is 0.283. The third-order valence-corrected chi connectivity index (χ3v) is 5.13. The monoisotopic (exact) mass is 349 g/mol. The summed E-state index contributed by atoms with van der Waals surface area (Å²) in [5, 5.41) is 0. The van der Waals surface area contributed by atoms with Gasteiger partial charge in [0.1, 0.15) is 12.4 Å². The van der Waals surface area contributed by atoms with Gasteiger partial charge >= 0.3 is 0 Å². The van der Waals surface area contributed by atoms with E-state index in [9.17, 15) is 8.42 Å². The molecule has 0 amide bonds. The van der Waals surface area contributed by atoms with Crippen LogP contribution in [0.2, 0.25) is 0 Å². The van der Waals surface area contributed by atoms with Crippen molar-refractivity contribution < 1.29 is 17.9 Å². The minimum atomic E-state index is -3.52. The predicted octanol–water partition coefficient (Wildman–Crippen LogP) is 2.81. The van der Waals surface area contributed by atoms with Crippen LogP contribution in [0.1, 0.15) is 16.7 Å². The average Bonchev–Trinajstić information content (AvgIpc) is 2.57. The van der Waals surface area contributed by atoms with Gasteiger partial charge in [0.15, 0.2) is 0 Å². The van der Waals surface area contributed by atoms with Crippen molar-refractivity contribution in [2.24, 2.45) is 0 Å². The Morgan fingerprint density at radius 2 is 1.67 bits per heavy atom. The lowest BCUT2D eigenvalue weighted by molar-refractivity contribution is 0.146. The van der Waals surface area contributed by atoms with E-state index < -0.39 is 10.0 Å². The van der Waals surface area contributed by atoms with Crippen LogP contribution in [0.5, 0.6) is 5.75 Å². The van der Waals surface area contributed by atoms with Crippen molar-refractivity contribution in [3.63, 3.8) is 0 Å². The first-order valence-corrected chi connectivity index (χ1v) is 9.18. The minimum Gasteiger partial charge on any atom is -0.491 e. The number of benzene rings is 2. The van der Waals surface area contributed by atoms with E-state index in [-0.39, 0.29) is 11.4 Å². The molecule has 0 aliphatic heterocycles. The fraction of sp³-hybridized carbons (Fsp3) is 0.333. The Balaban J connectivity index is 1.97. The zero-order valence-electron chi connectivity index (χ0n) is 14.2. The number of methoxy groups -OCH3 is 1. The topological polar surface area (TPSA) is 64.6 Å². The Morgan fingerprint density at radius 1 is 0.958 bits per heavy atom. The van der Waals surface area contributed by atoms with Crippen LogP contribution < -0.4 is 9.46 Å². The van der Waals surface area contributed by atoms with Crippen LogP contribution >= 0.6 is 0 Å². The molecule has 0 aliphatic carbocycles. The van der Waals surface area contributed by atoms with E-state index in [1.54, 1.807) is 19.2 Å². The molecule has 0 radical (unpaired) electrons. The first-order valence-electron chi connectivity index (χ1n) is 7.70. The SMILES string of the molecule is COCCOc1ccc(CNS(=O)(=O)c2ccc(C)c(C)c2)cc1. The number of aryl methyl sites for hydroxylation is 2. The van der Waals surface area contributed by atoms with Crippen LogP contribution in [-0.4, -0.2) is 28.7 Å². The first-order chi connectivity index (χ1) is 11.4. The summed E-state index contributed by atoms with van der Waals surface area (Å²) in [5.41, 5.74) is 2.88. The van der Waals surface area contributed by atoms with Gasteiger partial charge in [0.25, 0.3) is 0 Å². The quantitative estimate of drug-likeness (QED) is 0.744. The maximum absolute atomic E-state index is 12.4. The average molecular weight is 349 g/mol. The number of sulfonamides is 1. The van der Waals surface area contributed by atoms with Crippen LogP contribution in [0.3, 0.4) is 0 Å². The van der Waals surface area contributed by atoms with Crippen LogP contribution in [0, 0.1) is 13.8 Å². The number of ether oxygens (including phenoxy) is 2. The summed E-state index contributed by atoms with van der Waals surface area (Å²) in [6, 6.07) is 12.4. The van der Waals surface area contributed by atoms with E-state index in [1.165, 1.54) is 0 Å². The molecule has 0 unspecified atom stereocenters. The maximum Gasteiger partial charge on any atom is 0.240 e. The van der Waals surface area contributed by atoms with E-state index in [4.69, 9.17) is 9.47 Å². The molecule has 0 heterocycles. The third kappa shape index (κ3) is 5.06. The van der Waals surface area contributed by atoms with Crippen LogP contribution in [-0.2, 0) is 21.3 Å². The maximum atomic E-state index is 12.4. The second-order valence-corrected chi connectivity index (χ2v) is 7.32. The van der Waals surface area contributed by atoms with Crippen molar-refractivity contribution in [1.29, 1.82) is 0 Å². The van der Waals surface area contributed by atoms with Crippen LogP contribution in [0.15, 0.2) is 47.4 Å². The highest BCUT2D eigenvalue weighted by Crippen LogP contribution is 2.16. The number of rotatable bonds is 8. The molecule has 5 nitrogen and oxygen atoms in total. The predicted molar refractivity (Wildman–Crippen MR) is 93.8 cm³/mol. The van der Waals surface area contributed by atoms with Gasteiger partial charge in [-0.25, -0.2) is 13.1 Å². The van der Waals surface area contributed by atoms with Gasteiger partial charge in [-0.15, -0.1) is 0 Å². The van der Waals surface area contributed by atoms with Gasteiger partial charge in [-0.2, -0.15) is 0 Å². The Kier molecular flexibility index (Phi) is 6.36. The summed E-state index contributed by atoms with van der Waals surface area (Å²) < 4.78 is 37.7. The summed E-state index contributed by atoms with van der Waals surface area (Å²) in [7, 11) is -1.90.